The number of alkyl halides is 3. The van der Waals surface area contributed by atoms with E-state index in [1.165, 1.54) is 0 Å². The smallest absolute Gasteiger partial charge is 0.406 e. The van der Waals surface area contributed by atoms with Crippen molar-refractivity contribution in [3.63, 3.8) is 0 Å². The van der Waals surface area contributed by atoms with E-state index in [1.54, 1.807) is 20.8 Å². The Morgan fingerprint density at radius 2 is 1.83 bits per heavy atom. The Morgan fingerprint density at radius 3 is 2.33 bits per heavy atom. The van der Waals surface area contributed by atoms with Crippen LogP contribution in [0.5, 0.6) is 5.75 Å². The first-order valence-corrected chi connectivity index (χ1v) is 8.28. The number of ether oxygens (including phenoxy) is 1. The van der Waals surface area contributed by atoms with Gasteiger partial charge in [0, 0.05) is 18.7 Å². The van der Waals surface area contributed by atoms with Crippen molar-refractivity contribution in [1.82, 2.24) is 9.62 Å². The molecule has 0 spiro atoms. The monoisotopic (exact) mass is 368 g/mol. The molecule has 10 heteroatoms. The van der Waals surface area contributed by atoms with Crippen molar-refractivity contribution >= 4 is 15.9 Å². The summed E-state index contributed by atoms with van der Waals surface area (Å²) in [5.41, 5.74) is -0.540. The summed E-state index contributed by atoms with van der Waals surface area (Å²) in [6, 6.07) is 3.98. The summed E-state index contributed by atoms with van der Waals surface area (Å²) in [4.78, 5) is 11.4. The zero-order valence-electron chi connectivity index (χ0n) is 13.6. The van der Waals surface area contributed by atoms with Crippen molar-refractivity contribution in [2.24, 2.45) is 0 Å². The fourth-order valence-electron chi connectivity index (χ4n) is 1.76. The van der Waals surface area contributed by atoms with Crippen LogP contribution in [0.3, 0.4) is 0 Å². The maximum atomic E-state index is 12.4. The molecule has 0 unspecified atom stereocenters. The van der Waals surface area contributed by atoms with Gasteiger partial charge in [0.1, 0.15) is 5.75 Å². The number of nitrogens with one attached hydrogen (secondary N) is 1. The van der Waals surface area contributed by atoms with Crippen molar-refractivity contribution in [1.29, 1.82) is 0 Å². The van der Waals surface area contributed by atoms with E-state index in [9.17, 15) is 26.4 Å². The second-order valence-electron chi connectivity index (χ2n) is 6.08. The Morgan fingerprint density at radius 1 is 1.25 bits per heavy atom. The summed E-state index contributed by atoms with van der Waals surface area (Å²) in [5.74, 6) is -1.19. The minimum atomic E-state index is -4.93. The molecule has 1 aromatic carbocycles. The maximum absolute atomic E-state index is 12.4. The van der Waals surface area contributed by atoms with E-state index in [0.29, 0.717) is 0 Å². The third kappa shape index (κ3) is 6.36. The van der Waals surface area contributed by atoms with Crippen LogP contribution in [-0.4, -0.2) is 44.1 Å². The lowest BCUT2D eigenvalue weighted by molar-refractivity contribution is -0.274. The van der Waals surface area contributed by atoms with Crippen LogP contribution in [0.25, 0.3) is 0 Å². The van der Waals surface area contributed by atoms with E-state index in [4.69, 9.17) is 0 Å². The van der Waals surface area contributed by atoms with Gasteiger partial charge >= 0.3 is 6.36 Å². The highest BCUT2D eigenvalue weighted by atomic mass is 32.2. The van der Waals surface area contributed by atoms with E-state index in [1.807, 2.05) is 0 Å². The molecule has 0 saturated heterocycles. The second kappa shape index (κ2) is 6.98. The molecule has 0 saturated carbocycles. The lowest BCUT2D eigenvalue weighted by Crippen LogP contribution is -2.46. The van der Waals surface area contributed by atoms with Gasteiger partial charge in [-0.15, -0.1) is 13.2 Å². The number of nitrogens with zero attached hydrogens (tertiary/aromatic N) is 1. The molecule has 0 fully saturated rings. The fraction of sp³-hybridized carbons (Fsp3) is 0.500. The van der Waals surface area contributed by atoms with E-state index >= 15 is 0 Å². The first-order valence-electron chi connectivity index (χ1n) is 6.84. The van der Waals surface area contributed by atoms with Crippen LogP contribution in [0.15, 0.2) is 29.2 Å². The van der Waals surface area contributed by atoms with Crippen molar-refractivity contribution in [3.05, 3.63) is 24.3 Å². The number of sulfonamides is 1. The molecule has 0 aliphatic heterocycles. The summed E-state index contributed by atoms with van der Waals surface area (Å²) in [6.45, 7) is 4.73. The summed E-state index contributed by atoms with van der Waals surface area (Å²) in [5, 5.41) is 2.60. The van der Waals surface area contributed by atoms with Gasteiger partial charge in [-0.25, -0.2) is 8.42 Å². The predicted octanol–water partition coefficient (Wildman–Crippen LogP) is 2.12. The molecule has 0 atom stereocenters. The van der Waals surface area contributed by atoms with E-state index in [2.05, 4.69) is 10.1 Å². The Hall–Kier alpha value is -1.81. The standard InChI is InChI=1S/C14H19F3N2O4S/c1-13(2,3)18-12(20)9-19(4)24(21,22)11-7-5-6-10(8-11)23-14(15,16)17/h5-8H,9H2,1-4H3,(H,18,20). The van der Waals surface area contributed by atoms with Gasteiger partial charge in [-0.05, 0) is 32.9 Å². The van der Waals surface area contributed by atoms with Gasteiger partial charge in [-0.3, -0.25) is 4.79 Å². The summed E-state index contributed by atoms with van der Waals surface area (Å²) in [6.07, 6.45) is -4.93. The number of hydrogen-bond acceptors (Lipinski definition) is 4. The number of halogens is 3. The highest BCUT2D eigenvalue weighted by molar-refractivity contribution is 7.89. The lowest BCUT2D eigenvalue weighted by Gasteiger charge is -2.23. The van der Waals surface area contributed by atoms with Crippen LogP contribution in [-0.2, 0) is 14.8 Å². The van der Waals surface area contributed by atoms with Gasteiger partial charge in [-0.1, -0.05) is 6.07 Å². The first-order chi connectivity index (χ1) is 10.7. The number of rotatable bonds is 5. The van der Waals surface area contributed by atoms with Gasteiger partial charge < -0.3 is 10.1 Å². The third-order valence-electron chi connectivity index (χ3n) is 2.63. The lowest BCUT2D eigenvalue weighted by atomic mass is 10.1. The predicted molar refractivity (Wildman–Crippen MR) is 80.8 cm³/mol. The van der Waals surface area contributed by atoms with E-state index < -0.39 is 45.0 Å². The van der Waals surface area contributed by atoms with Crippen LogP contribution in [0, 0.1) is 0 Å². The van der Waals surface area contributed by atoms with Crippen molar-refractivity contribution in [2.75, 3.05) is 13.6 Å². The molecule has 1 aromatic rings. The quantitative estimate of drug-likeness (QED) is 0.864. The van der Waals surface area contributed by atoms with Gasteiger partial charge in [0.2, 0.25) is 15.9 Å². The van der Waals surface area contributed by atoms with Gasteiger partial charge in [0.25, 0.3) is 0 Å². The molecular weight excluding hydrogens is 349 g/mol. The first kappa shape index (κ1) is 20.2. The zero-order chi connectivity index (χ0) is 18.8. The van der Waals surface area contributed by atoms with Crippen LogP contribution in [0.4, 0.5) is 13.2 Å². The van der Waals surface area contributed by atoms with Crippen LogP contribution < -0.4 is 10.1 Å². The molecule has 24 heavy (non-hydrogen) atoms. The molecule has 6 nitrogen and oxygen atoms in total. The largest absolute Gasteiger partial charge is 0.573 e. The van der Waals surface area contributed by atoms with Gasteiger partial charge in [0.05, 0.1) is 11.4 Å². The van der Waals surface area contributed by atoms with Crippen LogP contribution >= 0.6 is 0 Å². The average molecular weight is 368 g/mol. The molecule has 1 N–H and O–H groups in total. The third-order valence-corrected chi connectivity index (χ3v) is 4.43. The topological polar surface area (TPSA) is 75.7 Å². The highest BCUT2D eigenvalue weighted by Crippen LogP contribution is 2.25. The normalized spacial score (nSPS) is 13.0. The molecule has 1 rings (SSSR count). The van der Waals surface area contributed by atoms with Gasteiger partial charge in [0.15, 0.2) is 0 Å². The van der Waals surface area contributed by atoms with Gasteiger partial charge in [-0.2, -0.15) is 4.31 Å². The number of carbonyl (C=O) groups is 1. The number of carbonyl (C=O) groups excluding carboxylic acids is 1. The van der Waals surface area contributed by atoms with Crippen molar-refractivity contribution in [3.8, 4) is 5.75 Å². The van der Waals surface area contributed by atoms with E-state index in [-0.39, 0.29) is 0 Å². The van der Waals surface area contributed by atoms with Crippen molar-refractivity contribution in [2.45, 2.75) is 37.6 Å². The second-order valence-corrected chi connectivity index (χ2v) is 8.13. The van der Waals surface area contributed by atoms with Crippen LogP contribution in [0.1, 0.15) is 20.8 Å². The molecule has 0 aromatic heterocycles. The molecule has 0 heterocycles. The minimum Gasteiger partial charge on any atom is -0.406 e. The number of benzene rings is 1. The Labute approximate surface area is 138 Å². The molecule has 0 bridgehead atoms. The summed E-state index contributed by atoms with van der Waals surface area (Å²) >= 11 is 0. The number of amides is 1. The molecule has 0 radical (unpaired) electrons. The number of likely N-dealkylation sites (N-methyl/N-ethyl adjacent to an activating group) is 1. The SMILES string of the molecule is CN(CC(=O)NC(C)(C)C)S(=O)(=O)c1cccc(OC(F)(F)F)c1. The molecule has 136 valence electrons. The Bertz CT molecular complexity index is 697. The number of hydrogen-bond donors (Lipinski definition) is 1. The minimum absolute atomic E-state index is 0.407. The molecule has 0 aliphatic carbocycles. The Balaban J connectivity index is 2.95. The highest BCUT2D eigenvalue weighted by Gasteiger charge is 2.32. The fourth-order valence-corrected chi connectivity index (χ4v) is 2.92. The summed E-state index contributed by atoms with van der Waals surface area (Å²) in [7, 11) is -2.98. The zero-order valence-corrected chi connectivity index (χ0v) is 14.5. The van der Waals surface area contributed by atoms with E-state index in [0.717, 1.165) is 35.6 Å². The molecule has 0 aliphatic rings. The molecular formula is C14H19F3N2O4S. The Kier molecular flexibility index (Phi) is 5.88. The molecule has 1 amide bonds. The average Bonchev–Trinajstić information content (AvgIpc) is 2.34. The van der Waals surface area contributed by atoms with Crippen LogP contribution in [0.2, 0.25) is 0 Å². The maximum Gasteiger partial charge on any atom is 0.573 e. The summed E-state index contributed by atoms with van der Waals surface area (Å²) < 4.78 is 65.8. The van der Waals surface area contributed by atoms with Crippen molar-refractivity contribution < 1.29 is 31.1 Å².